The molecule has 1 aliphatic carbocycles. The fraction of sp³-hybridized carbons (Fsp3) is 0.455. The summed E-state index contributed by atoms with van der Waals surface area (Å²) in [7, 11) is 0. The molecule has 0 aromatic carbocycles. The van der Waals surface area contributed by atoms with Gasteiger partial charge in [0.15, 0.2) is 5.78 Å². The zero-order valence-corrected chi connectivity index (χ0v) is 15.5. The smallest absolute Gasteiger partial charge is 0.303 e. The Morgan fingerprint density at radius 1 is 1.19 bits per heavy atom. The van der Waals surface area contributed by atoms with Crippen molar-refractivity contribution in [3.05, 3.63) is 60.8 Å². The highest BCUT2D eigenvalue weighted by Gasteiger charge is 2.26. The molecule has 0 aromatic rings. The van der Waals surface area contributed by atoms with Crippen LogP contribution in [0.5, 0.6) is 0 Å². The molecule has 0 saturated carbocycles. The van der Waals surface area contributed by atoms with Gasteiger partial charge < -0.3 is 10.2 Å². The number of aliphatic carboxylic acids is 1. The fourth-order valence-corrected chi connectivity index (χ4v) is 2.70. The van der Waals surface area contributed by atoms with Crippen LogP contribution < -0.4 is 0 Å². The van der Waals surface area contributed by atoms with Gasteiger partial charge in [-0.3, -0.25) is 9.59 Å². The zero-order chi connectivity index (χ0) is 19.2. The van der Waals surface area contributed by atoms with Crippen LogP contribution in [-0.4, -0.2) is 28.1 Å². The molecule has 142 valence electrons. The van der Waals surface area contributed by atoms with Crippen LogP contribution in [0, 0.1) is 11.8 Å². The Bertz CT molecular complexity index is 581. The Kier molecular flexibility index (Phi) is 11.0. The summed E-state index contributed by atoms with van der Waals surface area (Å²) >= 11 is 0. The number of allylic oxidation sites excluding steroid dienone is 8. The Labute approximate surface area is 156 Å². The van der Waals surface area contributed by atoms with Gasteiger partial charge in [0.25, 0.3) is 0 Å². The van der Waals surface area contributed by atoms with Gasteiger partial charge in [-0.05, 0) is 44.1 Å². The number of carbonyl (C=O) groups excluding carboxylic acids is 1. The summed E-state index contributed by atoms with van der Waals surface area (Å²) in [5, 5.41) is 18.5. The van der Waals surface area contributed by atoms with Crippen LogP contribution in [0.15, 0.2) is 60.8 Å². The van der Waals surface area contributed by atoms with Crippen molar-refractivity contribution >= 4 is 11.8 Å². The first kappa shape index (κ1) is 21.8. The predicted octanol–water partition coefficient (Wildman–Crippen LogP) is 4.39. The lowest BCUT2D eigenvalue weighted by Gasteiger charge is -2.13. The van der Waals surface area contributed by atoms with E-state index in [1.165, 1.54) is 0 Å². The van der Waals surface area contributed by atoms with Gasteiger partial charge in [-0.1, -0.05) is 61.6 Å². The summed E-state index contributed by atoms with van der Waals surface area (Å²) < 4.78 is 0. The normalized spacial score (nSPS) is 21.8. The molecule has 4 nitrogen and oxygen atoms in total. The minimum atomic E-state index is -0.830. The molecule has 3 atom stereocenters. The van der Waals surface area contributed by atoms with Gasteiger partial charge >= 0.3 is 5.97 Å². The highest BCUT2D eigenvalue weighted by atomic mass is 16.4. The lowest BCUT2D eigenvalue weighted by Crippen LogP contribution is -2.14. The Morgan fingerprint density at radius 3 is 2.69 bits per heavy atom. The Balaban J connectivity index is 2.41. The highest BCUT2D eigenvalue weighted by Crippen LogP contribution is 2.27. The van der Waals surface area contributed by atoms with Gasteiger partial charge in [0.05, 0.1) is 6.10 Å². The zero-order valence-electron chi connectivity index (χ0n) is 15.5. The standard InChI is InChI=1S/C22H30O4/c1-2-3-4-5-6-8-11-18-14-17-21(24)20(18)16-15-19(23)12-9-7-10-13-22(25)26/h3-4,6-9,14-20,23H,2,5,10-13H2,1H3,(H,25,26)/b4-3-,8-6-,9-7-,16-15+/t18-,19-,20-/m0/s1. The molecule has 0 unspecified atom stereocenters. The molecule has 1 aliphatic rings. The number of carboxylic acids is 1. The van der Waals surface area contributed by atoms with Gasteiger partial charge in [-0.15, -0.1) is 0 Å². The van der Waals surface area contributed by atoms with Gasteiger partial charge in [0, 0.05) is 12.3 Å². The maximum Gasteiger partial charge on any atom is 0.303 e. The molecule has 0 amide bonds. The first-order valence-corrected chi connectivity index (χ1v) is 9.29. The van der Waals surface area contributed by atoms with E-state index in [0.29, 0.717) is 12.8 Å². The van der Waals surface area contributed by atoms with Crippen molar-refractivity contribution in [2.45, 2.75) is 51.6 Å². The predicted molar refractivity (Wildman–Crippen MR) is 105 cm³/mol. The lowest BCUT2D eigenvalue weighted by atomic mass is 9.91. The second kappa shape index (κ2) is 13.1. The summed E-state index contributed by atoms with van der Waals surface area (Å²) in [5.74, 6) is -0.821. The maximum atomic E-state index is 12.0. The van der Waals surface area contributed by atoms with Crippen LogP contribution in [0.25, 0.3) is 0 Å². The van der Waals surface area contributed by atoms with Gasteiger partial charge in [0.1, 0.15) is 0 Å². The van der Waals surface area contributed by atoms with E-state index >= 15 is 0 Å². The summed E-state index contributed by atoms with van der Waals surface area (Å²) in [6.07, 6.45) is 22.1. The largest absolute Gasteiger partial charge is 0.481 e. The average Bonchev–Trinajstić information content (AvgIpc) is 2.95. The fourth-order valence-electron chi connectivity index (χ4n) is 2.70. The molecular weight excluding hydrogens is 328 g/mol. The molecular formula is C22H30O4. The van der Waals surface area contributed by atoms with Crippen molar-refractivity contribution in [1.29, 1.82) is 0 Å². The number of ketones is 1. The number of hydrogen-bond donors (Lipinski definition) is 2. The number of carbonyl (C=O) groups is 2. The van der Waals surface area contributed by atoms with Crippen LogP contribution in [0.3, 0.4) is 0 Å². The molecule has 0 radical (unpaired) electrons. The quantitative estimate of drug-likeness (QED) is 0.507. The average molecular weight is 358 g/mol. The van der Waals surface area contributed by atoms with Gasteiger partial charge in [-0.25, -0.2) is 0 Å². The van der Waals surface area contributed by atoms with E-state index < -0.39 is 12.1 Å². The molecule has 0 aliphatic heterocycles. The molecule has 0 spiro atoms. The van der Waals surface area contributed by atoms with Crippen LogP contribution in [-0.2, 0) is 9.59 Å². The monoisotopic (exact) mass is 358 g/mol. The van der Waals surface area contributed by atoms with E-state index in [4.69, 9.17) is 5.11 Å². The summed E-state index contributed by atoms with van der Waals surface area (Å²) in [5.41, 5.74) is 0. The molecule has 0 heterocycles. The van der Waals surface area contributed by atoms with E-state index in [1.54, 1.807) is 30.4 Å². The molecule has 1 rings (SSSR count). The van der Waals surface area contributed by atoms with Crippen molar-refractivity contribution < 1.29 is 19.8 Å². The number of rotatable bonds is 12. The Morgan fingerprint density at radius 2 is 1.96 bits per heavy atom. The summed E-state index contributed by atoms with van der Waals surface area (Å²) in [6.45, 7) is 2.10. The number of carboxylic acid groups (broad SMARTS) is 1. The van der Waals surface area contributed by atoms with Gasteiger partial charge in [0.2, 0.25) is 0 Å². The van der Waals surface area contributed by atoms with Crippen LogP contribution in [0.1, 0.15) is 45.4 Å². The molecule has 0 fully saturated rings. The third kappa shape index (κ3) is 9.33. The van der Waals surface area contributed by atoms with Crippen molar-refractivity contribution in [3.63, 3.8) is 0 Å². The molecule has 0 saturated heterocycles. The number of aliphatic hydroxyl groups excluding tert-OH is 1. The van der Waals surface area contributed by atoms with E-state index in [1.807, 2.05) is 6.08 Å². The van der Waals surface area contributed by atoms with Crippen LogP contribution in [0.4, 0.5) is 0 Å². The van der Waals surface area contributed by atoms with Crippen molar-refractivity contribution in [1.82, 2.24) is 0 Å². The van der Waals surface area contributed by atoms with E-state index in [9.17, 15) is 14.7 Å². The minimum absolute atomic E-state index is 0.0785. The van der Waals surface area contributed by atoms with Crippen LogP contribution in [0.2, 0.25) is 0 Å². The summed E-state index contributed by atoms with van der Waals surface area (Å²) in [4.78, 5) is 22.4. The second-order valence-corrected chi connectivity index (χ2v) is 6.37. The molecule has 2 N–H and O–H groups in total. The third-order valence-corrected chi connectivity index (χ3v) is 4.16. The molecule has 0 bridgehead atoms. The van der Waals surface area contributed by atoms with Crippen molar-refractivity contribution in [2.75, 3.05) is 0 Å². The summed E-state index contributed by atoms with van der Waals surface area (Å²) in [6, 6.07) is 0. The van der Waals surface area contributed by atoms with E-state index in [2.05, 4.69) is 31.2 Å². The molecule has 0 aromatic heterocycles. The first-order chi connectivity index (χ1) is 12.5. The first-order valence-electron chi connectivity index (χ1n) is 9.29. The van der Waals surface area contributed by atoms with E-state index in [-0.39, 0.29) is 24.0 Å². The van der Waals surface area contributed by atoms with E-state index in [0.717, 1.165) is 19.3 Å². The number of hydrogen-bond acceptors (Lipinski definition) is 3. The highest BCUT2D eigenvalue weighted by molar-refractivity contribution is 5.95. The third-order valence-electron chi connectivity index (χ3n) is 4.16. The molecule has 26 heavy (non-hydrogen) atoms. The molecule has 4 heteroatoms. The topological polar surface area (TPSA) is 74.6 Å². The van der Waals surface area contributed by atoms with Crippen molar-refractivity contribution in [3.8, 4) is 0 Å². The number of aliphatic hydroxyl groups is 1. The van der Waals surface area contributed by atoms with Crippen molar-refractivity contribution in [2.24, 2.45) is 11.8 Å². The Hall–Kier alpha value is -2.20. The second-order valence-electron chi connectivity index (χ2n) is 6.37. The lowest BCUT2D eigenvalue weighted by molar-refractivity contribution is -0.136. The maximum absolute atomic E-state index is 12.0. The van der Waals surface area contributed by atoms with Gasteiger partial charge in [-0.2, -0.15) is 0 Å². The van der Waals surface area contributed by atoms with Crippen LogP contribution >= 0.6 is 0 Å². The minimum Gasteiger partial charge on any atom is -0.481 e. The SMILES string of the molecule is CC/C=C\C/C=C\C[C@H]1C=CC(=O)[C@H]1/C=C/[C@@H](O)C/C=C\CCC(=O)O.